The average molecular weight is 178 g/mol. The van der Waals surface area contributed by atoms with Crippen molar-refractivity contribution in [2.24, 2.45) is 0 Å². The average Bonchev–Trinajstić information content (AvgIpc) is 2.09. The van der Waals surface area contributed by atoms with Crippen molar-refractivity contribution in [2.45, 2.75) is 33.3 Å². The molecule has 1 heteroatoms. The van der Waals surface area contributed by atoms with E-state index >= 15 is 0 Å². The number of hydrogen-bond donors (Lipinski definition) is 0. The molecule has 0 aliphatic carbocycles. The molecule has 0 aliphatic rings. The Kier molecular flexibility index (Phi) is 3.97. The van der Waals surface area contributed by atoms with E-state index in [4.69, 9.17) is 4.74 Å². The maximum absolute atomic E-state index is 5.50. The van der Waals surface area contributed by atoms with E-state index < -0.39 is 0 Å². The first-order valence-electron chi connectivity index (χ1n) is 4.90. The van der Waals surface area contributed by atoms with Gasteiger partial charge in [0.1, 0.15) is 0 Å². The molecule has 0 radical (unpaired) electrons. The van der Waals surface area contributed by atoms with Crippen LogP contribution in [0.4, 0.5) is 0 Å². The van der Waals surface area contributed by atoms with E-state index in [-0.39, 0.29) is 0 Å². The third-order valence-corrected chi connectivity index (χ3v) is 2.22. The first-order valence-corrected chi connectivity index (χ1v) is 4.90. The van der Waals surface area contributed by atoms with Gasteiger partial charge in [0.2, 0.25) is 0 Å². The summed E-state index contributed by atoms with van der Waals surface area (Å²) in [5, 5.41) is 0. The van der Waals surface area contributed by atoms with Crippen molar-refractivity contribution >= 4 is 0 Å². The fourth-order valence-corrected chi connectivity index (χ4v) is 1.49. The van der Waals surface area contributed by atoms with Gasteiger partial charge in [-0.25, -0.2) is 0 Å². The Labute approximate surface area is 80.7 Å². The Balaban J connectivity index is 2.58. The normalized spacial score (nSPS) is 12.8. The number of rotatable bonds is 4. The molecule has 1 nitrogen and oxygen atoms in total. The minimum absolute atomic E-state index is 0.325. The van der Waals surface area contributed by atoms with Gasteiger partial charge < -0.3 is 4.74 Å². The van der Waals surface area contributed by atoms with Crippen molar-refractivity contribution in [3.63, 3.8) is 0 Å². The molecule has 1 atom stereocenters. The van der Waals surface area contributed by atoms with Crippen molar-refractivity contribution < 1.29 is 4.74 Å². The highest BCUT2D eigenvalue weighted by Crippen LogP contribution is 2.10. The molecule has 13 heavy (non-hydrogen) atoms. The first-order chi connectivity index (χ1) is 6.24. The quantitative estimate of drug-likeness (QED) is 0.688. The molecule has 1 rings (SSSR count). The minimum atomic E-state index is 0.325. The third kappa shape index (κ3) is 3.19. The zero-order valence-corrected chi connectivity index (χ0v) is 8.71. The van der Waals surface area contributed by atoms with Gasteiger partial charge in [0.25, 0.3) is 0 Å². The van der Waals surface area contributed by atoms with Crippen LogP contribution in [0.1, 0.15) is 25.0 Å². The summed E-state index contributed by atoms with van der Waals surface area (Å²) in [6.45, 7) is 7.10. The Morgan fingerprint density at radius 1 is 1.31 bits per heavy atom. The van der Waals surface area contributed by atoms with Crippen LogP contribution < -0.4 is 0 Å². The van der Waals surface area contributed by atoms with Crippen LogP contribution in [0.3, 0.4) is 0 Å². The van der Waals surface area contributed by atoms with E-state index in [0.717, 1.165) is 13.0 Å². The highest BCUT2D eigenvalue weighted by atomic mass is 16.5. The second-order valence-corrected chi connectivity index (χ2v) is 3.40. The molecule has 0 aliphatic heterocycles. The fraction of sp³-hybridized carbons (Fsp3) is 0.500. The first kappa shape index (κ1) is 10.3. The zero-order chi connectivity index (χ0) is 9.68. The van der Waals surface area contributed by atoms with Crippen LogP contribution in [0.5, 0.6) is 0 Å². The minimum Gasteiger partial charge on any atom is -0.378 e. The van der Waals surface area contributed by atoms with E-state index in [0.29, 0.717) is 6.10 Å². The smallest absolute Gasteiger partial charge is 0.0587 e. The summed E-state index contributed by atoms with van der Waals surface area (Å²) in [6, 6.07) is 8.48. The van der Waals surface area contributed by atoms with E-state index in [1.807, 2.05) is 6.92 Å². The molecule has 1 unspecified atom stereocenters. The topological polar surface area (TPSA) is 9.23 Å². The van der Waals surface area contributed by atoms with Gasteiger partial charge in [-0.3, -0.25) is 0 Å². The molecule has 0 fully saturated rings. The molecule has 1 aromatic rings. The molecule has 0 bridgehead atoms. The number of hydrogen-bond acceptors (Lipinski definition) is 1. The van der Waals surface area contributed by atoms with Crippen LogP contribution in [0.2, 0.25) is 0 Å². The summed E-state index contributed by atoms with van der Waals surface area (Å²) in [7, 11) is 0. The molecule has 0 heterocycles. The molecule has 0 saturated heterocycles. The third-order valence-electron chi connectivity index (χ3n) is 2.22. The van der Waals surface area contributed by atoms with E-state index in [1.165, 1.54) is 11.1 Å². The molecule has 0 spiro atoms. The van der Waals surface area contributed by atoms with Crippen LogP contribution in [-0.2, 0) is 11.2 Å². The largest absolute Gasteiger partial charge is 0.378 e. The van der Waals surface area contributed by atoms with Gasteiger partial charge in [-0.15, -0.1) is 0 Å². The van der Waals surface area contributed by atoms with Gasteiger partial charge in [-0.05, 0) is 38.3 Å². The predicted octanol–water partition coefficient (Wildman–Crippen LogP) is 2.96. The maximum atomic E-state index is 5.50. The zero-order valence-electron chi connectivity index (χ0n) is 8.71. The lowest BCUT2D eigenvalue weighted by molar-refractivity contribution is 0.0767. The highest BCUT2D eigenvalue weighted by molar-refractivity contribution is 5.25. The van der Waals surface area contributed by atoms with Gasteiger partial charge in [-0.2, -0.15) is 0 Å². The lowest BCUT2D eigenvalue weighted by atomic mass is 10.0. The molecule has 0 aromatic heterocycles. The van der Waals surface area contributed by atoms with Crippen molar-refractivity contribution in [1.29, 1.82) is 0 Å². The number of ether oxygens (including phenoxy) is 1. The van der Waals surface area contributed by atoms with Crippen molar-refractivity contribution in [2.75, 3.05) is 6.61 Å². The predicted molar refractivity (Wildman–Crippen MR) is 56.0 cm³/mol. The number of benzene rings is 1. The second-order valence-electron chi connectivity index (χ2n) is 3.40. The standard InChI is InChI=1S/C12H18O/c1-4-13-11(3)9-12-8-6-5-7-10(12)2/h5-8,11H,4,9H2,1-3H3. The lowest BCUT2D eigenvalue weighted by Gasteiger charge is -2.12. The summed E-state index contributed by atoms with van der Waals surface area (Å²) in [5.41, 5.74) is 2.75. The van der Waals surface area contributed by atoms with Crippen molar-refractivity contribution in [3.05, 3.63) is 35.4 Å². The second kappa shape index (κ2) is 5.03. The Morgan fingerprint density at radius 3 is 2.62 bits per heavy atom. The van der Waals surface area contributed by atoms with Crippen LogP contribution in [-0.4, -0.2) is 12.7 Å². The van der Waals surface area contributed by atoms with Gasteiger partial charge >= 0.3 is 0 Å². The van der Waals surface area contributed by atoms with Crippen molar-refractivity contribution in [1.82, 2.24) is 0 Å². The molecule has 72 valence electrons. The summed E-state index contributed by atoms with van der Waals surface area (Å²) in [6.07, 6.45) is 1.34. The lowest BCUT2D eigenvalue weighted by Crippen LogP contribution is -2.11. The highest BCUT2D eigenvalue weighted by Gasteiger charge is 2.03. The maximum Gasteiger partial charge on any atom is 0.0587 e. The molecule has 0 N–H and O–H groups in total. The Bertz CT molecular complexity index is 255. The molecule has 0 saturated carbocycles. The van der Waals surface area contributed by atoms with Gasteiger partial charge in [0, 0.05) is 6.61 Å². The van der Waals surface area contributed by atoms with Gasteiger partial charge in [0.15, 0.2) is 0 Å². The summed E-state index contributed by atoms with van der Waals surface area (Å²) in [5.74, 6) is 0. The van der Waals surface area contributed by atoms with Crippen LogP contribution in [0.15, 0.2) is 24.3 Å². The number of aryl methyl sites for hydroxylation is 1. The summed E-state index contributed by atoms with van der Waals surface area (Å²) < 4.78 is 5.50. The van der Waals surface area contributed by atoms with Gasteiger partial charge in [-0.1, -0.05) is 24.3 Å². The summed E-state index contributed by atoms with van der Waals surface area (Å²) in [4.78, 5) is 0. The van der Waals surface area contributed by atoms with Crippen molar-refractivity contribution in [3.8, 4) is 0 Å². The molecule has 1 aromatic carbocycles. The van der Waals surface area contributed by atoms with Gasteiger partial charge in [0.05, 0.1) is 6.10 Å². The fourth-order valence-electron chi connectivity index (χ4n) is 1.49. The van der Waals surface area contributed by atoms with Crippen LogP contribution in [0.25, 0.3) is 0 Å². The SMILES string of the molecule is CCOC(C)Cc1ccccc1C. The van der Waals surface area contributed by atoms with Crippen LogP contribution >= 0.6 is 0 Å². The molecular weight excluding hydrogens is 160 g/mol. The Hall–Kier alpha value is -0.820. The van der Waals surface area contributed by atoms with Crippen LogP contribution in [0, 0.1) is 6.92 Å². The monoisotopic (exact) mass is 178 g/mol. The molecule has 0 amide bonds. The van der Waals surface area contributed by atoms with E-state index in [2.05, 4.69) is 38.1 Å². The van der Waals surface area contributed by atoms with E-state index in [9.17, 15) is 0 Å². The molecular formula is C12H18O. The van der Waals surface area contributed by atoms with E-state index in [1.54, 1.807) is 0 Å². The summed E-state index contributed by atoms with van der Waals surface area (Å²) >= 11 is 0. The Morgan fingerprint density at radius 2 is 2.00 bits per heavy atom.